The Morgan fingerprint density at radius 3 is 2.89 bits per heavy atom. The maximum Gasteiger partial charge on any atom is 0.138 e. The van der Waals surface area contributed by atoms with E-state index in [-0.39, 0.29) is 11.0 Å². The molecule has 1 atom stereocenters. The second kappa shape index (κ2) is 4.04. The lowest BCUT2D eigenvalue weighted by molar-refractivity contribution is -0.145. The Bertz CT molecular complexity index is 538. The second-order valence-corrected chi connectivity index (χ2v) is 6.15. The number of fused-ring (bicyclic) bond motifs is 2. The summed E-state index contributed by atoms with van der Waals surface area (Å²) in [6, 6.07) is 1.99. The van der Waals surface area contributed by atoms with E-state index in [1.54, 1.807) is 13.3 Å². The number of carbonyl (C=O) groups is 1. The molecule has 1 spiro atoms. The molecule has 1 aromatic heterocycles. The van der Waals surface area contributed by atoms with Gasteiger partial charge in [-0.3, -0.25) is 9.78 Å². The average molecular weight is 261 g/mol. The summed E-state index contributed by atoms with van der Waals surface area (Å²) in [6.45, 7) is 4.56. The molecule has 19 heavy (non-hydrogen) atoms. The highest BCUT2D eigenvalue weighted by molar-refractivity contribution is 5.85. The van der Waals surface area contributed by atoms with E-state index in [1.165, 1.54) is 0 Å². The van der Waals surface area contributed by atoms with Gasteiger partial charge in [0, 0.05) is 17.4 Å². The number of hydrogen-bond donors (Lipinski definition) is 0. The lowest BCUT2D eigenvalue weighted by Gasteiger charge is -2.40. The Kier molecular flexibility index (Phi) is 2.68. The highest BCUT2D eigenvalue weighted by atomic mass is 16.5. The molecule has 4 nitrogen and oxygen atoms in total. The first-order valence-corrected chi connectivity index (χ1v) is 6.67. The zero-order chi connectivity index (χ0) is 13.7. The second-order valence-electron chi connectivity index (χ2n) is 6.15. The predicted octanol–water partition coefficient (Wildman–Crippen LogP) is 2.59. The molecule has 4 heteroatoms. The molecular formula is C15H19NO3. The van der Waals surface area contributed by atoms with Gasteiger partial charge in [0.1, 0.15) is 17.1 Å². The number of ether oxygens (including phenoxy) is 2. The maximum absolute atomic E-state index is 12.0. The number of nitrogens with zero attached hydrogens (tertiary/aromatic N) is 1. The van der Waals surface area contributed by atoms with Crippen LogP contribution in [0.3, 0.4) is 0 Å². The summed E-state index contributed by atoms with van der Waals surface area (Å²) in [5.41, 5.74) is 1.37. The van der Waals surface area contributed by atoms with E-state index in [9.17, 15) is 4.79 Å². The predicted molar refractivity (Wildman–Crippen MR) is 69.9 cm³/mol. The fourth-order valence-corrected chi connectivity index (χ4v) is 3.28. The molecule has 2 heterocycles. The van der Waals surface area contributed by atoms with Gasteiger partial charge in [-0.25, -0.2) is 0 Å². The van der Waals surface area contributed by atoms with E-state index >= 15 is 0 Å². The van der Waals surface area contributed by atoms with Crippen LogP contribution < -0.4 is 4.74 Å². The summed E-state index contributed by atoms with van der Waals surface area (Å²) in [4.78, 5) is 16.5. The lowest BCUT2D eigenvalue weighted by Crippen LogP contribution is -2.42. The van der Waals surface area contributed by atoms with Gasteiger partial charge in [0.2, 0.25) is 0 Å². The van der Waals surface area contributed by atoms with Crippen molar-refractivity contribution in [1.29, 1.82) is 0 Å². The van der Waals surface area contributed by atoms with Crippen LogP contribution in [0.1, 0.15) is 44.4 Å². The number of pyridine rings is 1. The molecule has 0 N–H and O–H groups in total. The lowest BCUT2D eigenvalue weighted by atomic mass is 9.68. The van der Waals surface area contributed by atoms with Crippen LogP contribution in [0.2, 0.25) is 0 Å². The molecule has 102 valence electrons. The topological polar surface area (TPSA) is 48.4 Å². The van der Waals surface area contributed by atoms with Crippen molar-refractivity contribution in [2.24, 2.45) is 5.41 Å². The van der Waals surface area contributed by atoms with Crippen molar-refractivity contribution in [3.8, 4) is 5.75 Å². The smallest absolute Gasteiger partial charge is 0.138 e. The van der Waals surface area contributed by atoms with Crippen LogP contribution in [0.5, 0.6) is 5.75 Å². The standard InChI is InChI=1S/C15H19NO3/c1-14(2)9-15(5-4-12(14)17)13-10(8-19-15)6-11(18-3)7-16-13/h6-7H,4-5,8-9H2,1-3H3. The van der Waals surface area contributed by atoms with Crippen LogP contribution >= 0.6 is 0 Å². The SMILES string of the molecule is COc1cnc2c(c1)COC21CCC(=O)C(C)(C)C1. The highest BCUT2D eigenvalue weighted by Gasteiger charge is 2.50. The summed E-state index contributed by atoms with van der Waals surface area (Å²) < 4.78 is 11.3. The molecular weight excluding hydrogens is 242 g/mol. The number of aromatic nitrogens is 1. The third kappa shape index (κ3) is 1.86. The molecule has 0 radical (unpaired) electrons. The quantitative estimate of drug-likeness (QED) is 0.779. The van der Waals surface area contributed by atoms with E-state index < -0.39 is 0 Å². The van der Waals surface area contributed by atoms with Crippen molar-refractivity contribution in [3.05, 3.63) is 23.5 Å². The van der Waals surface area contributed by atoms with Gasteiger partial charge >= 0.3 is 0 Å². The number of ketones is 1. The van der Waals surface area contributed by atoms with Crippen LogP contribution in [0.25, 0.3) is 0 Å². The van der Waals surface area contributed by atoms with Crippen LogP contribution in [0, 0.1) is 5.41 Å². The number of methoxy groups -OCH3 is 1. The van der Waals surface area contributed by atoms with Gasteiger partial charge in [0.15, 0.2) is 0 Å². The minimum Gasteiger partial charge on any atom is -0.495 e. The highest BCUT2D eigenvalue weighted by Crippen LogP contribution is 2.50. The van der Waals surface area contributed by atoms with E-state index in [4.69, 9.17) is 9.47 Å². The van der Waals surface area contributed by atoms with Crippen molar-refractivity contribution in [2.45, 2.75) is 45.3 Å². The van der Waals surface area contributed by atoms with Gasteiger partial charge in [-0.05, 0) is 18.9 Å². The fraction of sp³-hybridized carbons (Fsp3) is 0.600. The van der Waals surface area contributed by atoms with Crippen molar-refractivity contribution in [1.82, 2.24) is 4.98 Å². The Morgan fingerprint density at radius 2 is 2.21 bits per heavy atom. The van der Waals surface area contributed by atoms with Gasteiger partial charge < -0.3 is 9.47 Å². The summed E-state index contributed by atoms with van der Waals surface area (Å²) in [7, 11) is 1.64. The molecule has 0 bridgehead atoms. The van der Waals surface area contributed by atoms with E-state index in [0.29, 0.717) is 25.2 Å². The average Bonchev–Trinajstić information content (AvgIpc) is 2.72. The van der Waals surface area contributed by atoms with Crippen LogP contribution in [-0.4, -0.2) is 17.9 Å². The van der Waals surface area contributed by atoms with Crippen LogP contribution in [0.4, 0.5) is 0 Å². The zero-order valence-electron chi connectivity index (χ0n) is 11.7. The summed E-state index contributed by atoms with van der Waals surface area (Å²) in [5.74, 6) is 1.08. The molecule has 1 unspecified atom stereocenters. The third-order valence-corrected chi connectivity index (χ3v) is 4.35. The third-order valence-electron chi connectivity index (χ3n) is 4.35. The van der Waals surface area contributed by atoms with Gasteiger partial charge in [-0.2, -0.15) is 0 Å². The molecule has 3 rings (SSSR count). The minimum atomic E-state index is -0.376. The van der Waals surface area contributed by atoms with Gasteiger partial charge in [-0.1, -0.05) is 13.8 Å². The van der Waals surface area contributed by atoms with Gasteiger partial charge in [-0.15, -0.1) is 0 Å². The molecule has 0 saturated heterocycles. The van der Waals surface area contributed by atoms with E-state index in [2.05, 4.69) is 4.98 Å². The molecule has 1 fully saturated rings. The molecule has 1 aliphatic heterocycles. The first kappa shape index (κ1) is 12.6. The van der Waals surface area contributed by atoms with Crippen molar-refractivity contribution < 1.29 is 14.3 Å². The largest absolute Gasteiger partial charge is 0.495 e. The zero-order valence-corrected chi connectivity index (χ0v) is 11.7. The summed E-state index contributed by atoms with van der Waals surface area (Å²) in [5, 5.41) is 0. The molecule has 1 aliphatic carbocycles. The first-order valence-electron chi connectivity index (χ1n) is 6.67. The molecule has 2 aliphatic rings. The normalized spacial score (nSPS) is 28.5. The van der Waals surface area contributed by atoms with E-state index in [1.807, 2.05) is 19.9 Å². The fourth-order valence-electron chi connectivity index (χ4n) is 3.28. The van der Waals surface area contributed by atoms with Crippen LogP contribution in [0.15, 0.2) is 12.3 Å². The van der Waals surface area contributed by atoms with E-state index in [0.717, 1.165) is 23.4 Å². The van der Waals surface area contributed by atoms with Gasteiger partial charge in [0.25, 0.3) is 0 Å². The van der Waals surface area contributed by atoms with Crippen LogP contribution in [-0.2, 0) is 21.7 Å². The maximum atomic E-state index is 12.0. The van der Waals surface area contributed by atoms with Crippen molar-refractivity contribution in [3.63, 3.8) is 0 Å². The number of Topliss-reactive ketones (excluding diaryl/α,β-unsaturated/α-hetero) is 1. The molecule has 0 amide bonds. The molecule has 1 aromatic rings. The monoisotopic (exact) mass is 261 g/mol. The minimum absolute atomic E-state index is 0.323. The number of hydrogen-bond acceptors (Lipinski definition) is 4. The number of rotatable bonds is 1. The molecule has 0 aromatic carbocycles. The first-order chi connectivity index (χ1) is 8.97. The Morgan fingerprint density at radius 1 is 1.42 bits per heavy atom. The Hall–Kier alpha value is -1.42. The Balaban J connectivity index is 1.99. The Labute approximate surface area is 113 Å². The van der Waals surface area contributed by atoms with Crippen molar-refractivity contribution >= 4 is 5.78 Å². The molecule has 1 saturated carbocycles. The summed E-state index contributed by atoms with van der Waals surface area (Å²) >= 11 is 0. The van der Waals surface area contributed by atoms with Crippen molar-refractivity contribution in [2.75, 3.05) is 7.11 Å². The number of carbonyl (C=O) groups excluding carboxylic acids is 1. The summed E-state index contributed by atoms with van der Waals surface area (Å²) in [6.07, 6.45) is 3.76. The van der Waals surface area contributed by atoms with Gasteiger partial charge in [0.05, 0.1) is 25.6 Å².